The third kappa shape index (κ3) is 2.75. The Hall–Kier alpha value is -1.51. The van der Waals surface area contributed by atoms with E-state index in [0.29, 0.717) is 0 Å². The fourth-order valence-electron chi connectivity index (χ4n) is 1.69. The van der Waals surface area contributed by atoms with E-state index in [-0.39, 0.29) is 22.0 Å². The van der Waals surface area contributed by atoms with Gasteiger partial charge in [0.25, 0.3) is 10.1 Å². The molecule has 8 heteroatoms. The summed E-state index contributed by atoms with van der Waals surface area (Å²) >= 11 is 4.23. The molecule has 0 saturated heterocycles. The van der Waals surface area contributed by atoms with Crippen LogP contribution in [0.15, 0.2) is 42.8 Å². The first-order chi connectivity index (χ1) is 8.80. The van der Waals surface area contributed by atoms with Crippen LogP contribution in [-0.4, -0.2) is 13.0 Å². The van der Waals surface area contributed by atoms with Gasteiger partial charge in [-0.2, -0.15) is 21.0 Å². The van der Waals surface area contributed by atoms with Crippen molar-refractivity contribution < 1.29 is 21.8 Å². The third-order valence-corrected chi connectivity index (χ3v) is 3.96. The first kappa shape index (κ1) is 13.9. The molecule has 1 heterocycles. The Bertz CT molecular complexity index is 755. The van der Waals surface area contributed by atoms with Crippen LogP contribution < -0.4 is 5.82 Å². The van der Waals surface area contributed by atoms with E-state index in [9.17, 15) is 13.2 Å². The molecule has 2 rings (SSSR count). The molecule has 0 amide bonds. The quantitative estimate of drug-likeness (QED) is 0.663. The molecule has 0 bridgehead atoms. The minimum atomic E-state index is -4.39. The number of hydrogen-bond acceptors (Lipinski definition) is 6. The van der Waals surface area contributed by atoms with Gasteiger partial charge in [-0.05, 0) is 18.6 Å². The summed E-state index contributed by atoms with van der Waals surface area (Å²) in [6, 6.07) is 5.75. The lowest BCUT2D eigenvalue weighted by molar-refractivity contribution is 0.370. The van der Waals surface area contributed by atoms with Crippen molar-refractivity contribution in [3.63, 3.8) is 0 Å². The molecule has 0 fully saturated rings. The lowest BCUT2D eigenvalue weighted by atomic mass is 10.1. The smallest absolute Gasteiger partial charge is 0.396 e. The van der Waals surface area contributed by atoms with Crippen molar-refractivity contribution in [2.24, 2.45) is 0 Å². The van der Waals surface area contributed by atoms with E-state index < -0.39 is 21.2 Å². The molecule has 0 saturated carbocycles. The van der Waals surface area contributed by atoms with Gasteiger partial charge in [-0.25, -0.2) is 4.79 Å². The Morgan fingerprint density at radius 1 is 1.26 bits per heavy atom. The van der Waals surface area contributed by atoms with E-state index in [2.05, 4.69) is 12.6 Å². The summed E-state index contributed by atoms with van der Waals surface area (Å²) in [7, 11) is -4.39. The maximum absolute atomic E-state index is 11.3. The van der Waals surface area contributed by atoms with E-state index in [1.807, 2.05) is 0 Å². The molecule has 1 unspecified atom stereocenters. The van der Waals surface area contributed by atoms with Gasteiger partial charge in [-0.1, -0.05) is 18.2 Å². The van der Waals surface area contributed by atoms with E-state index in [4.69, 9.17) is 13.4 Å². The highest BCUT2D eigenvalue weighted by Crippen LogP contribution is 2.33. The van der Waals surface area contributed by atoms with E-state index in [0.717, 1.165) is 0 Å². The molecule has 6 nitrogen and oxygen atoms in total. The Balaban J connectivity index is 2.60. The van der Waals surface area contributed by atoms with Gasteiger partial charge in [0.05, 0.1) is 10.1 Å². The Labute approximate surface area is 114 Å². The maximum atomic E-state index is 11.3. The molecule has 102 valence electrons. The number of thiol groups is 1. The minimum Gasteiger partial charge on any atom is -0.396 e. The molecule has 1 N–H and O–H groups in total. The molecule has 0 aliphatic heterocycles. The summed E-state index contributed by atoms with van der Waals surface area (Å²) in [4.78, 5) is 10.7. The molecular formula is C11H10O6S2. The Morgan fingerprint density at radius 3 is 2.42 bits per heavy atom. The first-order valence-electron chi connectivity index (χ1n) is 5.15. The van der Waals surface area contributed by atoms with Crippen LogP contribution in [0.25, 0.3) is 0 Å². The molecule has 0 spiro atoms. The normalized spacial score (nSPS) is 13.4. The van der Waals surface area contributed by atoms with Gasteiger partial charge in [-0.15, -0.1) is 0 Å². The molecule has 1 aromatic carbocycles. The van der Waals surface area contributed by atoms with Gasteiger partial charge in [0.2, 0.25) is 0 Å². The highest BCUT2D eigenvalue weighted by molar-refractivity contribution is 7.86. The van der Waals surface area contributed by atoms with Crippen LogP contribution in [0.1, 0.15) is 22.3 Å². The second-order valence-corrected chi connectivity index (χ2v) is 5.70. The fraction of sp³-hybridized carbons (Fsp3) is 0.182. The summed E-state index contributed by atoms with van der Waals surface area (Å²) < 4.78 is 41.3. The minimum absolute atomic E-state index is 0.101. The van der Waals surface area contributed by atoms with Crippen molar-refractivity contribution in [3.05, 3.63) is 52.0 Å². The standard InChI is InChI=1S/C11H10O6S2/c1-6-9(17-11(12)16-6)10(18)7-4-2-3-5-8(7)19(13,14)15/h2-5,10,18H,1H3,(H,13,14,15). The molecular weight excluding hydrogens is 292 g/mol. The number of hydrogen-bond donors (Lipinski definition) is 2. The van der Waals surface area contributed by atoms with Crippen LogP contribution >= 0.6 is 12.6 Å². The number of benzene rings is 1. The lowest BCUT2D eigenvalue weighted by Crippen LogP contribution is -2.05. The van der Waals surface area contributed by atoms with Crippen LogP contribution in [0.4, 0.5) is 0 Å². The van der Waals surface area contributed by atoms with Gasteiger partial charge in [0.1, 0.15) is 5.76 Å². The predicted molar refractivity (Wildman–Crippen MR) is 69.1 cm³/mol. The molecule has 1 atom stereocenters. The SMILES string of the molecule is Cc1oc(=O)oc1C(S)c1ccccc1S(=O)(=O)O. The van der Waals surface area contributed by atoms with Gasteiger partial charge in [0.15, 0.2) is 5.76 Å². The van der Waals surface area contributed by atoms with Crippen molar-refractivity contribution in [3.8, 4) is 0 Å². The Kier molecular flexibility index (Phi) is 3.57. The third-order valence-electron chi connectivity index (χ3n) is 2.52. The lowest BCUT2D eigenvalue weighted by Gasteiger charge is -2.11. The maximum Gasteiger partial charge on any atom is 0.519 e. The summed E-state index contributed by atoms with van der Waals surface area (Å²) in [6.45, 7) is 1.50. The van der Waals surface area contributed by atoms with Gasteiger partial charge in [0, 0.05) is 0 Å². The number of aryl methyl sites for hydroxylation is 1. The second kappa shape index (κ2) is 4.87. The first-order valence-corrected chi connectivity index (χ1v) is 7.11. The van der Waals surface area contributed by atoms with Crippen molar-refractivity contribution in [1.82, 2.24) is 0 Å². The highest BCUT2D eigenvalue weighted by Gasteiger charge is 2.25. The Morgan fingerprint density at radius 2 is 1.89 bits per heavy atom. The van der Waals surface area contributed by atoms with Crippen LogP contribution in [0.2, 0.25) is 0 Å². The molecule has 0 aliphatic carbocycles. The van der Waals surface area contributed by atoms with E-state index in [1.54, 1.807) is 6.07 Å². The van der Waals surface area contributed by atoms with E-state index >= 15 is 0 Å². The zero-order chi connectivity index (χ0) is 14.2. The zero-order valence-corrected chi connectivity index (χ0v) is 11.4. The van der Waals surface area contributed by atoms with Crippen LogP contribution in [0.5, 0.6) is 0 Å². The van der Waals surface area contributed by atoms with Crippen molar-refractivity contribution >= 4 is 22.7 Å². The zero-order valence-electron chi connectivity index (χ0n) is 9.73. The monoisotopic (exact) mass is 302 g/mol. The van der Waals surface area contributed by atoms with Gasteiger partial charge in [-0.3, -0.25) is 4.55 Å². The largest absolute Gasteiger partial charge is 0.519 e. The second-order valence-electron chi connectivity index (χ2n) is 3.79. The summed E-state index contributed by atoms with van der Waals surface area (Å²) in [6.07, 6.45) is 0. The van der Waals surface area contributed by atoms with Crippen LogP contribution in [-0.2, 0) is 10.1 Å². The molecule has 0 radical (unpaired) electrons. The molecule has 2 aromatic rings. The van der Waals surface area contributed by atoms with Crippen molar-refractivity contribution in [2.75, 3.05) is 0 Å². The topological polar surface area (TPSA) is 97.7 Å². The molecule has 1 aromatic heterocycles. The molecule has 0 aliphatic rings. The summed E-state index contributed by atoms with van der Waals surface area (Å²) in [5.41, 5.74) is 0.195. The molecule has 19 heavy (non-hydrogen) atoms. The van der Waals surface area contributed by atoms with Gasteiger partial charge < -0.3 is 8.83 Å². The average molecular weight is 302 g/mol. The highest BCUT2D eigenvalue weighted by atomic mass is 32.2. The van der Waals surface area contributed by atoms with Crippen LogP contribution in [0, 0.1) is 6.92 Å². The van der Waals surface area contributed by atoms with Crippen molar-refractivity contribution in [1.29, 1.82) is 0 Å². The fourth-order valence-corrected chi connectivity index (χ4v) is 2.97. The average Bonchev–Trinajstić information content (AvgIpc) is 2.66. The predicted octanol–water partition coefficient (Wildman–Crippen LogP) is 1.81. The summed E-state index contributed by atoms with van der Waals surface area (Å²) in [5.74, 6) is -0.588. The van der Waals surface area contributed by atoms with Crippen LogP contribution in [0.3, 0.4) is 0 Å². The van der Waals surface area contributed by atoms with E-state index in [1.165, 1.54) is 25.1 Å². The van der Waals surface area contributed by atoms with Gasteiger partial charge >= 0.3 is 5.82 Å². The number of rotatable bonds is 3. The van der Waals surface area contributed by atoms with Crippen molar-refractivity contribution in [2.45, 2.75) is 17.1 Å². The summed E-state index contributed by atoms with van der Waals surface area (Å²) in [5, 5.41) is -0.843.